The molecule has 0 aromatic carbocycles. The normalized spacial score (nSPS) is 13.5. The Morgan fingerprint density at radius 3 is 1.62 bits per heavy atom. The van der Waals surface area contributed by atoms with Gasteiger partial charge < -0.3 is 2.85 Å². The van der Waals surface area contributed by atoms with Gasteiger partial charge in [-0.15, -0.1) is 0 Å². The molecule has 96 valence electrons. The second kappa shape index (κ2) is 6.87. The van der Waals surface area contributed by atoms with Crippen molar-refractivity contribution < 1.29 is 33.6 Å². The first-order chi connectivity index (χ1) is 6.56. The molecule has 0 aliphatic heterocycles. The number of hydrogen-bond donors (Lipinski definition) is 0. The van der Waals surface area contributed by atoms with E-state index in [9.17, 15) is 30.7 Å². The summed E-state index contributed by atoms with van der Waals surface area (Å²) in [6, 6.07) is 0. The van der Waals surface area contributed by atoms with Crippen LogP contribution in [0.2, 0.25) is 0 Å². The second-order valence-electron chi connectivity index (χ2n) is 3.23. The fourth-order valence-corrected chi connectivity index (χ4v) is 0.961. The molecule has 0 rings (SSSR count). The number of unbranched alkanes of at least 4 members (excludes halogenated alkanes) is 2. The number of alkyl halides is 7. The Kier molecular flexibility index (Phi) is 8.33. The van der Waals surface area contributed by atoms with Crippen LogP contribution < -0.4 is 0 Å². The third kappa shape index (κ3) is 4.75. The maximum Gasteiger partial charge on any atom is 2.00 e. The molecular weight excluding hydrogens is 366 g/mol. The molecule has 0 nitrogen and oxygen atoms in total. The summed E-state index contributed by atoms with van der Waals surface area (Å²) in [6.45, 7) is 1.63. The van der Waals surface area contributed by atoms with Crippen LogP contribution in [0.5, 0.6) is 0 Å². The minimum absolute atomic E-state index is 0. The maximum absolute atomic E-state index is 12.6. The molecule has 8 heteroatoms. The molecule has 0 aliphatic rings. The molecule has 0 aliphatic carbocycles. The van der Waals surface area contributed by atoms with Crippen LogP contribution in [0.4, 0.5) is 30.7 Å². The molecule has 0 heterocycles. The topological polar surface area (TPSA) is 0 Å². The Bertz CT molecular complexity index is 208. The Labute approximate surface area is 132 Å². The molecule has 0 saturated heterocycles. The molecule has 0 aromatic rings. The molecule has 0 amide bonds. The van der Waals surface area contributed by atoms with Gasteiger partial charge in [0.05, 0.1) is 0 Å². The Morgan fingerprint density at radius 2 is 1.31 bits per heavy atom. The van der Waals surface area contributed by atoms with Crippen LogP contribution in [0.15, 0.2) is 0 Å². The maximum atomic E-state index is 12.6. The zero-order valence-electron chi connectivity index (χ0n) is 10.7. The summed E-state index contributed by atoms with van der Waals surface area (Å²) >= 11 is 0. The zero-order valence-corrected chi connectivity index (χ0v) is 13.1. The van der Waals surface area contributed by atoms with Gasteiger partial charge in [-0.25, -0.2) is 0 Å². The summed E-state index contributed by atoms with van der Waals surface area (Å²) in [5.74, 6) is -11.0. The fourth-order valence-electron chi connectivity index (χ4n) is 0.961. The van der Waals surface area contributed by atoms with Crippen LogP contribution >= 0.6 is 0 Å². The van der Waals surface area contributed by atoms with Crippen molar-refractivity contribution >= 4 is 48.9 Å². The van der Waals surface area contributed by atoms with Crippen LogP contribution in [0.3, 0.4) is 0 Å². The van der Waals surface area contributed by atoms with Gasteiger partial charge in [-0.05, 0) is 6.42 Å². The van der Waals surface area contributed by atoms with Crippen molar-refractivity contribution in [3.05, 3.63) is 0 Å². The first-order valence-corrected chi connectivity index (χ1v) is 4.38. The van der Waals surface area contributed by atoms with Crippen molar-refractivity contribution in [2.75, 3.05) is 0 Å². The molecule has 0 saturated carbocycles. The van der Waals surface area contributed by atoms with Gasteiger partial charge in [0, 0.05) is 6.42 Å². The average Bonchev–Trinajstić information content (AvgIpc) is 2.02. The number of hydrogen-bond acceptors (Lipinski definition) is 0. The smallest absolute Gasteiger partial charge is 1.00 e. The molecule has 0 aromatic heterocycles. The van der Waals surface area contributed by atoms with E-state index < -0.39 is 24.4 Å². The van der Waals surface area contributed by atoms with Crippen LogP contribution in [0, 0.1) is 0 Å². The quantitative estimate of drug-likeness (QED) is 0.381. The molecule has 16 heavy (non-hydrogen) atoms. The Morgan fingerprint density at radius 1 is 0.875 bits per heavy atom. The summed E-state index contributed by atoms with van der Waals surface area (Å²) in [7, 11) is 0. The van der Waals surface area contributed by atoms with Gasteiger partial charge in [0.25, 0.3) is 0 Å². The van der Waals surface area contributed by atoms with Gasteiger partial charge in [-0.1, -0.05) is 19.8 Å². The second-order valence-corrected chi connectivity index (χ2v) is 3.23. The largest absolute Gasteiger partial charge is 2.00 e. The van der Waals surface area contributed by atoms with Crippen molar-refractivity contribution in [1.29, 1.82) is 0 Å². The summed E-state index contributed by atoms with van der Waals surface area (Å²) in [4.78, 5) is 0. The summed E-state index contributed by atoms with van der Waals surface area (Å²) in [6.07, 6.45) is -7.34. The average molecular weight is 380 g/mol. The van der Waals surface area contributed by atoms with Gasteiger partial charge >= 0.3 is 66.9 Å². The van der Waals surface area contributed by atoms with Gasteiger partial charge in [0.2, 0.25) is 0 Å². The van der Waals surface area contributed by atoms with Gasteiger partial charge in [-0.3, -0.25) is 0 Å². The number of rotatable bonds is 5. The van der Waals surface area contributed by atoms with E-state index in [1.54, 1.807) is 6.92 Å². The van der Waals surface area contributed by atoms with E-state index in [2.05, 4.69) is 0 Å². The molecule has 0 N–H and O–H groups in total. The third-order valence-electron chi connectivity index (χ3n) is 1.91. The Hall–Kier alpha value is 1.08. The Balaban J connectivity index is -0.000000327. The monoisotopic (exact) mass is 380 g/mol. The van der Waals surface area contributed by atoms with Crippen molar-refractivity contribution in [3.8, 4) is 0 Å². The summed E-state index contributed by atoms with van der Waals surface area (Å²) in [5, 5.41) is 0. The van der Waals surface area contributed by atoms with Crippen molar-refractivity contribution in [2.45, 2.75) is 50.6 Å². The van der Waals surface area contributed by atoms with Gasteiger partial charge in [0.15, 0.2) is 0 Å². The van der Waals surface area contributed by atoms with Crippen LogP contribution in [-0.2, 0) is 0 Å². The van der Waals surface area contributed by atoms with Gasteiger partial charge in [0.1, 0.15) is 0 Å². The van der Waals surface area contributed by atoms with E-state index in [0.717, 1.165) is 0 Å². The minimum Gasteiger partial charge on any atom is -1.00 e. The summed E-state index contributed by atoms with van der Waals surface area (Å²) < 4.78 is 84.4. The van der Waals surface area contributed by atoms with E-state index in [4.69, 9.17) is 0 Å². The molecule has 0 unspecified atom stereocenters. The van der Waals surface area contributed by atoms with Crippen LogP contribution in [0.1, 0.15) is 35.5 Å². The van der Waals surface area contributed by atoms with Gasteiger partial charge in [-0.2, -0.15) is 30.7 Å². The molecule has 0 spiro atoms. The first kappa shape index (κ1) is 19.4. The van der Waals surface area contributed by atoms with Crippen LogP contribution in [-0.4, -0.2) is 66.9 Å². The summed E-state index contributed by atoms with van der Waals surface area (Å²) in [5.41, 5.74) is 0. The minimum atomic E-state index is -6.21. The van der Waals surface area contributed by atoms with E-state index >= 15 is 0 Å². The van der Waals surface area contributed by atoms with E-state index in [1.807, 2.05) is 0 Å². The van der Waals surface area contributed by atoms with Crippen molar-refractivity contribution in [3.63, 3.8) is 0 Å². The predicted octanol–water partition coefficient (Wildman–Crippen LogP) is 4.24. The molecule has 0 radical (unpaired) electrons. The zero-order chi connectivity index (χ0) is 12.3. The van der Waals surface area contributed by atoms with Crippen LogP contribution in [0.25, 0.3) is 0 Å². The number of halogens is 7. The first-order valence-electron chi connectivity index (χ1n) is 4.38. The third-order valence-corrected chi connectivity index (χ3v) is 1.91. The fraction of sp³-hybridized carbons (Fsp3) is 1.00. The van der Waals surface area contributed by atoms with E-state index in [1.165, 1.54) is 0 Å². The van der Waals surface area contributed by atoms with E-state index in [0.29, 0.717) is 6.42 Å². The molecular formula is C8H13BaF7. The molecule has 0 fully saturated rings. The van der Waals surface area contributed by atoms with Crippen molar-refractivity contribution in [1.82, 2.24) is 0 Å². The SMILES string of the molecule is CCCCCC(F)(F)C(F)(F)C(F)(F)F.[Ba+2].[H-].[H-]. The van der Waals surface area contributed by atoms with E-state index in [-0.39, 0.29) is 64.6 Å². The van der Waals surface area contributed by atoms with Crippen molar-refractivity contribution in [2.24, 2.45) is 0 Å². The molecule has 0 atom stereocenters. The molecule has 0 bridgehead atoms. The predicted molar refractivity (Wildman–Crippen MR) is 48.1 cm³/mol. The standard InChI is InChI=1S/C8H11F7.Ba.2H/c1-2-3-4-5-6(9,10)7(11,12)8(13,14)15;;;/h2-5H2,1H3;;;/q;+2;2*-1.